The molecule has 1 aliphatic heterocycles. The van der Waals surface area contributed by atoms with Crippen LogP contribution in [0.4, 0.5) is 21.6 Å². The second kappa shape index (κ2) is 13.9. The smallest absolute Gasteiger partial charge is 0.293 e. The molecule has 1 aliphatic rings. The Morgan fingerprint density at radius 3 is 2.77 bits per heavy atom. The number of anilines is 3. The van der Waals surface area contributed by atoms with Gasteiger partial charge in [0.1, 0.15) is 18.2 Å². The Bertz CT molecular complexity index is 1900. The normalized spacial score (nSPS) is 12.5. The summed E-state index contributed by atoms with van der Waals surface area (Å²) < 4.78 is 26.7. The molecule has 0 saturated heterocycles. The monoisotopic (exact) mass is 658 g/mol. The third-order valence-corrected chi connectivity index (χ3v) is 8.28. The minimum atomic E-state index is -0.606. The van der Waals surface area contributed by atoms with Gasteiger partial charge in [0, 0.05) is 48.2 Å². The first-order valence-corrected chi connectivity index (χ1v) is 15.4. The highest BCUT2D eigenvalue weighted by Crippen LogP contribution is 2.31. The number of nitrogens with zero attached hydrogens (tertiary/aromatic N) is 8. The summed E-state index contributed by atoms with van der Waals surface area (Å²) in [6.07, 6.45) is 2.31. The zero-order valence-electron chi connectivity index (χ0n) is 25.7. The zero-order valence-corrected chi connectivity index (χ0v) is 26.5. The number of nitrogen functional groups attached to an aromatic ring is 1. The number of halogens is 2. The SMILES string of the molecule is CCN(CC)c1ccc(/C=N\NC(=O)c2nnn(-c3nonc3N)c2CN2CCc3ccccc32)c(OCc2c(F)cccc2Cl)c1. The van der Waals surface area contributed by atoms with Gasteiger partial charge >= 0.3 is 0 Å². The number of hydrazone groups is 1. The molecule has 2 aromatic heterocycles. The summed E-state index contributed by atoms with van der Waals surface area (Å²) in [4.78, 5) is 17.8. The number of para-hydroxylation sites is 1. The van der Waals surface area contributed by atoms with Crippen molar-refractivity contribution >= 4 is 40.9 Å². The molecule has 0 saturated carbocycles. The van der Waals surface area contributed by atoms with Gasteiger partial charge in [-0.15, -0.1) is 5.10 Å². The number of aromatic nitrogens is 5. The number of nitrogens with one attached hydrogen (secondary N) is 1. The van der Waals surface area contributed by atoms with Crippen molar-refractivity contribution in [2.75, 3.05) is 35.2 Å². The van der Waals surface area contributed by atoms with Crippen LogP contribution in [0.2, 0.25) is 5.02 Å². The fourth-order valence-electron chi connectivity index (χ4n) is 5.45. The number of nitrogens with two attached hydrogens (primary N) is 1. The number of amides is 1. The van der Waals surface area contributed by atoms with Crippen LogP contribution in [0.1, 0.15) is 46.7 Å². The van der Waals surface area contributed by atoms with Crippen molar-refractivity contribution in [3.8, 4) is 11.6 Å². The first kappa shape index (κ1) is 31.5. The summed E-state index contributed by atoms with van der Waals surface area (Å²) in [7, 11) is 0. The first-order valence-electron chi connectivity index (χ1n) is 15.0. The summed E-state index contributed by atoms with van der Waals surface area (Å²) in [5, 5.41) is 20.2. The molecule has 0 fully saturated rings. The Morgan fingerprint density at radius 2 is 2.00 bits per heavy atom. The Labute approximate surface area is 274 Å². The lowest BCUT2D eigenvalue weighted by atomic mass is 10.1. The number of hydrogen-bond donors (Lipinski definition) is 2. The predicted molar refractivity (Wildman–Crippen MR) is 176 cm³/mol. The highest BCUT2D eigenvalue weighted by atomic mass is 35.5. The molecule has 3 N–H and O–H groups in total. The molecule has 47 heavy (non-hydrogen) atoms. The molecule has 0 radical (unpaired) electrons. The average Bonchev–Trinajstić information content (AvgIpc) is 3.81. The highest BCUT2D eigenvalue weighted by Gasteiger charge is 2.28. The van der Waals surface area contributed by atoms with Gasteiger partial charge in [-0.1, -0.05) is 41.1 Å². The van der Waals surface area contributed by atoms with Crippen molar-refractivity contribution in [2.45, 2.75) is 33.4 Å². The molecule has 1 amide bonds. The second-order valence-corrected chi connectivity index (χ2v) is 11.1. The molecule has 0 atom stereocenters. The molecule has 0 aliphatic carbocycles. The second-order valence-electron chi connectivity index (χ2n) is 10.7. The molecule has 0 spiro atoms. The van der Waals surface area contributed by atoms with Gasteiger partial charge in [0.15, 0.2) is 5.69 Å². The summed E-state index contributed by atoms with van der Waals surface area (Å²) in [5.74, 6) is -0.525. The fraction of sp³-hybridized carbons (Fsp3) is 0.250. The molecule has 13 nitrogen and oxygen atoms in total. The van der Waals surface area contributed by atoms with Crippen LogP contribution in [0.3, 0.4) is 0 Å². The van der Waals surface area contributed by atoms with E-state index in [1.807, 2.05) is 36.4 Å². The third-order valence-electron chi connectivity index (χ3n) is 7.93. The van der Waals surface area contributed by atoms with Crippen LogP contribution >= 0.6 is 11.6 Å². The van der Waals surface area contributed by atoms with Gasteiger partial charge in [-0.25, -0.2) is 14.4 Å². The molecule has 15 heteroatoms. The fourth-order valence-corrected chi connectivity index (χ4v) is 5.67. The number of carbonyl (C=O) groups excluding carboxylic acids is 1. The average molecular weight is 659 g/mol. The summed E-state index contributed by atoms with van der Waals surface area (Å²) in [6.45, 7) is 6.57. The minimum absolute atomic E-state index is 0.000287. The molecule has 0 unspecified atom stereocenters. The van der Waals surface area contributed by atoms with Gasteiger partial charge in [0.2, 0.25) is 11.6 Å². The summed E-state index contributed by atoms with van der Waals surface area (Å²) in [6, 6.07) is 18.1. The lowest BCUT2D eigenvalue weighted by Gasteiger charge is -2.22. The van der Waals surface area contributed by atoms with Crippen molar-refractivity contribution < 1.29 is 18.6 Å². The van der Waals surface area contributed by atoms with Crippen LogP contribution in [-0.4, -0.2) is 57.1 Å². The third kappa shape index (κ3) is 6.58. The molecular weight excluding hydrogens is 627 g/mol. The molecule has 3 aromatic carbocycles. The number of ether oxygens (including phenoxy) is 1. The first-order chi connectivity index (χ1) is 22.9. The molecule has 6 rings (SSSR count). The van der Waals surface area contributed by atoms with Crippen LogP contribution in [0.5, 0.6) is 5.75 Å². The Balaban J connectivity index is 1.26. The van der Waals surface area contributed by atoms with Gasteiger partial charge in [0.05, 0.1) is 23.5 Å². The molecule has 3 heterocycles. The largest absolute Gasteiger partial charge is 0.488 e. The van der Waals surface area contributed by atoms with Crippen LogP contribution < -0.4 is 25.7 Å². The maximum atomic E-state index is 14.5. The van der Waals surface area contributed by atoms with Crippen LogP contribution in [0, 0.1) is 5.82 Å². The Kier molecular flexibility index (Phi) is 9.29. The van der Waals surface area contributed by atoms with E-state index in [0.717, 1.165) is 37.4 Å². The van der Waals surface area contributed by atoms with Crippen LogP contribution in [-0.2, 0) is 19.6 Å². The number of fused-ring (bicyclic) bond motifs is 1. The summed E-state index contributed by atoms with van der Waals surface area (Å²) >= 11 is 6.24. The van der Waals surface area contributed by atoms with E-state index in [4.69, 9.17) is 26.7 Å². The quantitative estimate of drug-likeness (QED) is 0.141. The predicted octanol–water partition coefficient (Wildman–Crippen LogP) is 4.78. The Morgan fingerprint density at radius 1 is 1.17 bits per heavy atom. The number of carbonyl (C=O) groups is 1. The summed E-state index contributed by atoms with van der Waals surface area (Å²) in [5.41, 5.74) is 12.9. The molecule has 5 aromatic rings. The van der Waals surface area contributed by atoms with Crippen molar-refractivity contribution in [3.63, 3.8) is 0 Å². The van der Waals surface area contributed by atoms with E-state index in [0.29, 0.717) is 17.0 Å². The number of benzene rings is 3. The molecule has 242 valence electrons. The number of hydrogen-bond acceptors (Lipinski definition) is 11. The van der Waals surface area contributed by atoms with E-state index in [9.17, 15) is 9.18 Å². The van der Waals surface area contributed by atoms with Crippen molar-refractivity contribution in [2.24, 2.45) is 5.10 Å². The van der Waals surface area contributed by atoms with E-state index in [1.165, 1.54) is 28.6 Å². The van der Waals surface area contributed by atoms with Crippen molar-refractivity contribution in [3.05, 3.63) is 99.6 Å². The maximum Gasteiger partial charge on any atom is 0.293 e. The lowest BCUT2D eigenvalue weighted by molar-refractivity contribution is 0.0949. The van der Waals surface area contributed by atoms with Crippen LogP contribution in [0.25, 0.3) is 5.82 Å². The minimum Gasteiger partial charge on any atom is -0.488 e. The molecular formula is C32H32ClFN10O3. The van der Waals surface area contributed by atoms with Gasteiger partial charge in [-0.3, -0.25) is 4.79 Å². The molecule has 0 bridgehead atoms. The highest BCUT2D eigenvalue weighted by molar-refractivity contribution is 6.31. The van der Waals surface area contributed by atoms with Crippen molar-refractivity contribution in [1.82, 2.24) is 30.7 Å². The van der Waals surface area contributed by atoms with Gasteiger partial charge in [0.25, 0.3) is 5.91 Å². The number of rotatable bonds is 12. The Hall–Kier alpha value is -5.50. The van der Waals surface area contributed by atoms with Gasteiger partial charge in [-0.05, 0) is 66.5 Å². The van der Waals surface area contributed by atoms with E-state index in [-0.39, 0.29) is 41.1 Å². The van der Waals surface area contributed by atoms with Crippen LogP contribution in [0.15, 0.2) is 70.4 Å². The van der Waals surface area contributed by atoms with Gasteiger partial charge < -0.3 is 20.3 Å². The maximum absolute atomic E-state index is 14.5. The van der Waals surface area contributed by atoms with Crippen molar-refractivity contribution in [1.29, 1.82) is 0 Å². The van der Waals surface area contributed by atoms with E-state index >= 15 is 0 Å². The topological polar surface area (TPSA) is 153 Å². The van der Waals surface area contributed by atoms with Gasteiger partial charge in [-0.2, -0.15) is 9.78 Å². The van der Waals surface area contributed by atoms with E-state index in [1.54, 1.807) is 6.07 Å². The zero-order chi connectivity index (χ0) is 32.9. The lowest BCUT2D eigenvalue weighted by Crippen LogP contribution is -2.26. The van der Waals surface area contributed by atoms with E-state index < -0.39 is 11.7 Å². The standard InChI is InChI=1S/C32H32ClFN10O3/c1-3-42(4-2)22-13-12-21(28(16-22)46-19-23-24(33)9-7-10-25(23)34)17-36-38-32(45)29-27(44(41-37-29)31-30(35)39-47-40-31)18-43-15-14-20-8-5-6-11-26(20)43/h5-13,16-17H,3-4,14-15,18-19H2,1-2H3,(H2,35,39)(H,38,45)/b36-17-. The van der Waals surface area contributed by atoms with E-state index in [2.05, 4.69) is 60.9 Å².